The molecule has 0 saturated heterocycles. The molecule has 1 nitrogen and oxygen atoms in total. The van der Waals surface area contributed by atoms with Crippen LogP contribution >= 0.6 is 0 Å². The molecule has 0 spiro atoms. The van der Waals surface area contributed by atoms with Crippen LogP contribution in [-0.4, -0.2) is 4.57 Å². The van der Waals surface area contributed by atoms with E-state index in [1.165, 1.54) is 16.5 Å². The number of hydrogen-bond donors (Lipinski definition) is 0. The molecule has 0 aliphatic carbocycles. The molecule has 0 aliphatic rings. The summed E-state index contributed by atoms with van der Waals surface area (Å²) in [6.45, 7) is 9.07. The third-order valence-corrected chi connectivity index (χ3v) is 3.02. The zero-order chi connectivity index (χ0) is 11.7. The second-order valence-corrected chi connectivity index (χ2v) is 5.26. The number of nitrogens with zero attached hydrogens (tertiary/aromatic N) is 1. The molecule has 0 unspecified atom stereocenters. The molecule has 1 heterocycles. The Morgan fingerprint density at radius 1 is 1.06 bits per heavy atom. The van der Waals surface area contributed by atoms with Gasteiger partial charge in [-0.25, -0.2) is 0 Å². The van der Waals surface area contributed by atoms with Gasteiger partial charge in [-0.15, -0.1) is 0 Å². The van der Waals surface area contributed by atoms with Crippen LogP contribution in [0.4, 0.5) is 0 Å². The van der Waals surface area contributed by atoms with Gasteiger partial charge >= 0.3 is 0 Å². The van der Waals surface area contributed by atoms with Gasteiger partial charge < -0.3 is 4.57 Å². The summed E-state index contributed by atoms with van der Waals surface area (Å²) in [6.07, 6.45) is 3.45. The fourth-order valence-corrected chi connectivity index (χ4v) is 2.30. The summed E-state index contributed by atoms with van der Waals surface area (Å²) in [7, 11) is 0. The standard InChI is InChI=1S/C15H21N/c1-11(2)9-15-14-8-6-5-7-13(14)10-16(15)12(3)4/h5-8,10-12H,9H2,1-4H3. The Kier molecular flexibility index (Phi) is 3.04. The van der Waals surface area contributed by atoms with Crippen molar-refractivity contribution >= 4 is 10.8 Å². The van der Waals surface area contributed by atoms with Crippen LogP contribution in [0.25, 0.3) is 10.8 Å². The van der Waals surface area contributed by atoms with Gasteiger partial charge in [-0.3, -0.25) is 0 Å². The molecule has 0 aliphatic heterocycles. The molecule has 2 rings (SSSR count). The van der Waals surface area contributed by atoms with Gasteiger partial charge in [0.2, 0.25) is 0 Å². The second kappa shape index (κ2) is 4.32. The minimum Gasteiger partial charge on any atom is -0.348 e. The summed E-state index contributed by atoms with van der Waals surface area (Å²) in [5.41, 5.74) is 1.49. The van der Waals surface area contributed by atoms with E-state index < -0.39 is 0 Å². The second-order valence-electron chi connectivity index (χ2n) is 5.26. The molecule has 0 atom stereocenters. The Labute approximate surface area is 98.1 Å². The predicted molar refractivity (Wildman–Crippen MR) is 70.9 cm³/mol. The van der Waals surface area contributed by atoms with E-state index in [1.807, 2.05) is 0 Å². The monoisotopic (exact) mass is 215 g/mol. The van der Waals surface area contributed by atoms with Crippen molar-refractivity contribution in [3.8, 4) is 0 Å². The number of rotatable bonds is 3. The zero-order valence-electron chi connectivity index (χ0n) is 10.7. The van der Waals surface area contributed by atoms with Gasteiger partial charge in [0.1, 0.15) is 0 Å². The molecule has 16 heavy (non-hydrogen) atoms. The van der Waals surface area contributed by atoms with Crippen molar-refractivity contribution in [1.82, 2.24) is 4.57 Å². The minimum atomic E-state index is 0.543. The summed E-state index contributed by atoms with van der Waals surface area (Å²) >= 11 is 0. The van der Waals surface area contributed by atoms with E-state index in [2.05, 4.69) is 62.7 Å². The number of aromatic nitrogens is 1. The molecular formula is C15H21N. The normalized spacial score (nSPS) is 11.9. The lowest BCUT2D eigenvalue weighted by molar-refractivity contribution is 0.543. The topological polar surface area (TPSA) is 4.93 Å². The first kappa shape index (κ1) is 11.3. The fraction of sp³-hybridized carbons (Fsp3) is 0.467. The van der Waals surface area contributed by atoms with Crippen LogP contribution < -0.4 is 0 Å². The van der Waals surface area contributed by atoms with E-state index in [0.717, 1.165) is 6.42 Å². The van der Waals surface area contributed by atoms with Crippen LogP contribution in [0.2, 0.25) is 0 Å². The lowest BCUT2D eigenvalue weighted by atomic mass is 10.0. The van der Waals surface area contributed by atoms with E-state index >= 15 is 0 Å². The van der Waals surface area contributed by atoms with Crippen molar-refractivity contribution in [3.63, 3.8) is 0 Å². The fourth-order valence-electron chi connectivity index (χ4n) is 2.30. The van der Waals surface area contributed by atoms with Crippen molar-refractivity contribution < 1.29 is 0 Å². The summed E-state index contributed by atoms with van der Waals surface area (Å²) in [4.78, 5) is 0. The van der Waals surface area contributed by atoms with E-state index in [1.54, 1.807) is 0 Å². The van der Waals surface area contributed by atoms with Gasteiger partial charge in [0.15, 0.2) is 0 Å². The molecule has 0 saturated carbocycles. The van der Waals surface area contributed by atoms with Gasteiger partial charge in [-0.1, -0.05) is 38.1 Å². The van der Waals surface area contributed by atoms with Gasteiger partial charge in [0.05, 0.1) is 0 Å². The first-order valence-corrected chi connectivity index (χ1v) is 6.18. The van der Waals surface area contributed by atoms with E-state index in [-0.39, 0.29) is 0 Å². The highest BCUT2D eigenvalue weighted by Crippen LogP contribution is 2.26. The highest BCUT2D eigenvalue weighted by molar-refractivity contribution is 5.85. The van der Waals surface area contributed by atoms with Crippen LogP contribution in [-0.2, 0) is 6.42 Å². The largest absolute Gasteiger partial charge is 0.348 e. The van der Waals surface area contributed by atoms with Crippen molar-refractivity contribution in [2.24, 2.45) is 5.92 Å². The summed E-state index contributed by atoms with van der Waals surface area (Å²) in [5, 5.41) is 2.79. The lowest BCUT2D eigenvalue weighted by Crippen LogP contribution is -2.07. The average molecular weight is 215 g/mol. The highest BCUT2D eigenvalue weighted by atomic mass is 15.0. The van der Waals surface area contributed by atoms with Gasteiger partial charge in [-0.05, 0) is 31.6 Å². The average Bonchev–Trinajstić information content (AvgIpc) is 2.57. The van der Waals surface area contributed by atoms with Crippen LogP contribution in [0.1, 0.15) is 39.4 Å². The van der Waals surface area contributed by atoms with Gasteiger partial charge in [0, 0.05) is 23.3 Å². The maximum atomic E-state index is 2.42. The van der Waals surface area contributed by atoms with Crippen molar-refractivity contribution in [2.75, 3.05) is 0 Å². The molecule has 0 amide bonds. The zero-order valence-corrected chi connectivity index (χ0v) is 10.7. The Hall–Kier alpha value is -1.24. The Morgan fingerprint density at radius 2 is 1.75 bits per heavy atom. The Balaban J connectivity index is 2.60. The third kappa shape index (κ3) is 1.99. The maximum Gasteiger partial charge on any atom is 0.0277 e. The first-order chi connectivity index (χ1) is 7.59. The quantitative estimate of drug-likeness (QED) is 0.714. The molecule has 0 radical (unpaired) electrons. The first-order valence-electron chi connectivity index (χ1n) is 6.18. The van der Waals surface area contributed by atoms with E-state index in [9.17, 15) is 0 Å². The van der Waals surface area contributed by atoms with Crippen LogP contribution in [0.3, 0.4) is 0 Å². The number of benzene rings is 1. The molecule has 0 N–H and O–H groups in total. The van der Waals surface area contributed by atoms with Gasteiger partial charge in [-0.2, -0.15) is 0 Å². The summed E-state index contributed by atoms with van der Waals surface area (Å²) in [6, 6.07) is 9.24. The molecule has 0 bridgehead atoms. The van der Waals surface area contributed by atoms with Crippen molar-refractivity contribution in [2.45, 2.75) is 40.2 Å². The molecule has 86 valence electrons. The smallest absolute Gasteiger partial charge is 0.0277 e. The number of fused-ring (bicyclic) bond motifs is 1. The molecule has 0 fully saturated rings. The summed E-state index contributed by atoms with van der Waals surface area (Å²) in [5.74, 6) is 0.704. The van der Waals surface area contributed by atoms with Gasteiger partial charge in [0.25, 0.3) is 0 Å². The lowest BCUT2D eigenvalue weighted by Gasteiger charge is -2.14. The third-order valence-electron chi connectivity index (χ3n) is 3.02. The molecule has 2 aromatic rings. The van der Waals surface area contributed by atoms with Crippen molar-refractivity contribution in [3.05, 3.63) is 36.2 Å². The minimum absolute atomic E-state index is 0.543. The van der Waals surface area contributed by atoms with Crippen molar-refractivity contribution in [1.29, 1.82) is 0 Å². The van der Waals surface area contributed by atoms with E-state index in [0.29, 0.717) is 12.0 Å². The predicted octanol–water partition coefficient (Wildman–Crippen LogP) is 4.42. The maximum absolute atomic E-state index is 2.42. The SMILES string of the molecule is CC(C)Cc1c2ccccc2cn1C(C)C. The molecule has 1 heteroatoms. The van der Waals surface area contributed by atoms with E-state index in [4.69, 9.17) is 0 Å². The molecule has 1 aromatic heterocycles. The molecule has 1 aromatic carbocycles. The highest BCUT2D eigenvalue weighted by Gasteiger charge is 2.12. The molecular weight excluding hydrogens is 194 g/mol. The van der Waals surface area contributed by atoms with Crippen LogP contribution in [0.5, 0.6) is 0 Å². The number of hydrogen-bond acceptors (Lipinski definition) is 0. The Bertz CT molecular complexity index is 477. The van der Waals surface area contributed by atoms with Crippen LogP contribution in [0, 0.1) is 5.92 Å². The Morgan fingerprint density at radius 3 is 2.38 bits per heavy atom. The summed E-state index contributed by atoms with van der Waals surface area (Å²) < 4.78 is 2.42. The van der Waals surface area contributed by atoms with Crippen LogP contribution in [0.15, 0.2) is 30.5 Å².